The van der Waals surface area contributed by atoms with E-state index < -0.39 is 36.8 Å². The van der Waals surface area contributed by atoms with Crippen molar-refractivity contribution in [1.82, 2.24) is 4.90 Å². The van der Waals surface area contributed by atoms with Crippen molar-refractivity contribution in [2.45, 2.75) is 44.9 Å². The Hall–Kier alpha value is -1.64. The van der Waals surface area contributed by atoms with Crippen LogP contribution < -0.4 is 5.46 Å². The van der Waals surface area contributed by atoms with Gasteiger partial charge in [0.15, 0.2) is 0 Å². The summed E-state index contributed by atoms with van der Waals surface area (Å²) in [7, 11) is -1.90. The second kappa shape index (κ2) is 6.47. The largest absolute Gasteiger partial charge is 0.491 e. The summed E-state index contributed by atoms with van der Waals surface area (Å²) in [5.41, 5.74) is -0.448. The number of amides is 1. The van der Waals surface area contributed by atoms with Gasteiger partial charge in [0, 0.05) is 5.46 Å². The van der Waals surface area contributed by atoms with Gasteiger partial charge in [-0.25, -0.2) is 9.18 Å². The third-order valence-electron chi connectivity index (χ3n) is 3.59. The van der Waals surface area contributed by atoms with Gasteiger partial charge in [-0.2, -0.15) is 0 Å². The molecule has 2 unspecified atom stereocenters. The molecule has 0 saturated carbocycles. The van der Waals surface area contributed by atoms with Crippen molar-refractivity contribution < 1.29 is 29.1 Å². The lowest BCUT2D eigenvalue weighted by molar-refractivity contribution is 0.0206. The molecule has 8 heteroatoms. The van der Waals surface area contributed by atoms with Crippen molar-refractivity contribution in [3.8, 4) is 0 Å². The number of aliphatic hydroxyl groups excluding tert-OH is 1. The van der Waals surface area contributed by atoms with Crippen LogP contribution in [0.1, 0.15) is 38.8 Å². The first-order valence-electron chi connectivity index (χ1n) is 7.41. The minimum absolute atomic E-state index is 0.103. The second-order valence-corrected chi connectivity index (χ2v) is 6.69. The van der Waals surface area contributed by atoms with Crippen LogP contribution in [-0.2, 0) is 4.74 Å². The van der Waals surface area contributed by atoms with Crippen molar-refractivity contribution in [3.05, 3.63) is 29.6 Å². The highest BCUT2D eigenvalue weighted by Gasteiger charge is 2.38. The molecule has 0 spiro atoms. The summed E-state index contributed by atoms with van der Waals surface area (Å²) in [4.78, 5) is 13.6. The molecule has 23 heavy (non-hydrogen) atoms. The highest BCUT2D eigenvalue weighted by molar-refractivity contribution is 6.58. The normalized spacial score (nSPS) is 21.4. The van der Waals surface area contributed by atoms with Crippen LogP contribution in [0.3, 0.4) is 0 Å². The van der Waals surface area contributed by atoms with E-state index in [-0.39, 0.29) is 18.4 Å². The SMILES string of the molecule is CC(C)(C)OC(=O)N1CC(O)CC1c1ccc(B(O)O)c(F)c1. The second-order valence-electron chi connectivity index (χ2n) is 6.69. The van der Waals surface area contributed by atoms with Gasteiger partial charge >= 0.3 is 13.2 Å². The summed E-state index contributed by atoms with van der Waals surface area (Å²) in [6.07, 6.45) is -1.04. The van der Waals surface area contributed by atoms with E-state index in [1.54, 1.807) is 20.8 Å². The molecule has 1 heterocycles. The highest BCUT2D eigenvalue weighted by atomic mass is 19.1. The molecule has 126 valence electrons. The van der Waals surface area contributed by atoms with E-state index in [9.17, 15) is 14.3 Å². The number of benzene rings is 1. The average Bonchev–Trinajstić information content (AvgIpc) is 2.78. The van der Waals surface area contributed by atoms with E-state index in [1.807, 2.05) is 0 Å². The van der Waals surface area contributed by atoms with Crippen LogP contribution in [0, 0.1) is 5.82 Å². The Morgan fingerprint density at radius 3 is 2.57 bits per heavy atom. The smallest absolute Gasteiger partial charge is 0.444 e. The number of likely N-dealkylation sites (tertiary alicyclic amines) is 1. The molecule has 2 rings (SSSR count). The molecule has 0 aromatic heterocycles. The van der Waals surface area contributed by atoms with Crippen LogP contribution >= 0.6 is 0 Å². The van der Waals surface area contributed by atoms with Crippen LogP contribution in [0.15, 0.2) is 18.2 Å². The Morgan fingerprint density at radius 2 is 2.04 bits per heavy atom. The van der Waals surface area contributed by atoms with Crippen LogP contribution in [0.2, 0.25) is 0 Å². The van der Waals surface area contributed by atoms with Crippen molar-refractivity contribution in [1.29, 1.82) is 0 Å². The maximum Gasteiger partial charge on any atom is 0.491 e. The summed E-state index contributed by atoms with van der Waals surface area (Å²) in [5.74, 6) is -0.775. The van der Waals surface area contributed by atoms with Gasteiger partial charge < -0.3 is 19.9 Å². The van der Waals surface area contributed by atoms with E-state index >= 15 is 0 Å². The Balaban J connectivity index is 2.26. The van der Waals surface area contributed by atoms with E-state index in [0.29, 0.717) is 5.56 Å². The first-order chi connectivity index (χ1) is 10.6. The Morgan fingerprint density at radius 1 is 1.39 bits per heavy atom. The number of rotatable bonds is 2. The highest BCUT2D eigenvalue weighted by Crippen LogP contribution is 2.33. The van der Waals surface area contributed by atoms with Crippen LogP contribution in [0.25, 0.3) is 0 Å². The van der Waals surface area contributed by atoms with Gasteiger partial charge in [-0.15, -0.1) is 0 Å². The van der Waals surface area contributed by atoms with Gasteiger partial charge in [0.25, 0.3) is 0 Å². The first kappa shape index (κ1) is 17.7. The summed E-state index contributed by atoms with van der Waals surface area (Å²) >= 11 is 0. The molecule has 1 amide bonds. The lowest BCUT2D eigenvalue weighted by Crippen LogP contribution is -2.37. The third kappa shape index (κ3) is 4.22. The summed E-state index contributed by atoms with van der Waals surface area (Å²) in [6, 6.07) is 3.39. The van der Waals surface area contributed by atoms with Crippen molar-refractivity contribution in [2.24, 2.45) is 0 Å². The molecular weight excluding hydrogens is 304 g/mol. The van der Waals surface area contributed by atoms with Crippen molar-refractivity contribution in [3.63, 3.8) is 0 Å². The molecule has 6 nitrogen and oxygen atoms in total. The van der Waals surface area contributed by atoms with Crippen molar-refractivity contribution >= 4 is 18.7 Å². The quantitative estimate of drug-likeness (QED) is 0.691. The maximum atomic E-state index is 13.9. The molecule has 1 aromatic carbocycles. The van der Waals surface area contributed by atoms with E-state index in [0.717, 1.165) is 6.07 Å². The number of ether oxygens (including phenoxy) is 1. The monoisotopic (exact) mass is 325 g/mol. The molecule has 0 radical (unpaired) electrons. The average molecular weight is 325 g/mol. The Labute approximate surface area is 134 Å². The molecule has 0 aliphatic carbocycles. The third-order valence-corrected chi connectivity index (χ3v) is 3.59. The van der Waals surface area contributed by atoms with E-state index in [2.05, 4.69) is 0 Å². The number of carbonyl (C=O) groups excluding carboxylic acids is 1. The van der Waals surface area contributed by atoms with E-state index in [4.69, 9.17) is 14.8 Å². The lowest BCUT2D eigenvalue weighted by Gasteiger charge is -2.28. The van der Waals surface area contributed by atoms with Crippen LogP contribution in [-0.4, -0.2) is 51.5 Å². The number of aliphatic hydroxyl groups is 1. The predicted octanol–water partition coefficient (Wildman–Crippen LogP) is 0.548. The Bertz CT molecular complexity index is 590. The zero-order valence-electron chi connectivity index (χ0n) is 13.4. The molecule has 1 fully saturated rings. The zero-order chi connectivity index (χ0) is 17.4. The lowest BCUT2D eigenvalue weighted by atomic mass is 9.79. The topological polar surface area (TPSA) is 90.2 Å². The predicted molar refractivity (Wildman–Crippen MR) is 82.5 cm³/mol. The minimum Gasteiger partial charge on any atom is -0.444 e. The Kier molecular flexibility index (Phi) is 4.98. The summed E-state index contributed by atoms with van der Waals surface area (Å²) in [6.45, 7) is 5.32. The zero-order valence-corrected chi connectivity index (χ0v) is 13.4. The fraction of sp³-hybridized carbons (Fsp3) is 0.533. The molecule has 2 atom stereocenters. The summed E-state index contributed by atoms with van der Waals surface area (Å²) < 4.78 is 19.2. The molecular formula is C15H21BFNO5. The van der Waals surface area contributed by atoms with Crippen molar-refractivity contribution in [2.75, 3.05) is 6.54 Å². The number of halogens is 1. The molecule has 0 bridgehead atoms. The standard InChI is InChI=1S/C15H21BFNO5/c1-15(2,3)23-14(20)18-8-10(19)7-13(18)9-4-5-11(16(21)22)12(17)6-9/h4-6,10,13,19,21-22H,7-8H2,1-3H3. The molecule has 3 N–H and O–H groups in total. The van der Waals surface area contributed by atoms with Crippen LogP contribution in [0.5, 0.6) is 0 Å². The number of β-amino-alcohol motifs (C(OH)–C–C–N with tert-alkyl or cyclic N) is 1. The van der Waals surface area contributed by atoms with Gasteiger partial charge in [0.1, 0.15) is 11.4 Å². The molecule has 1 aliphatic rings. The van der Waals surface area contributed by atoms with Gasteiger partial charge in [-0.05, 0) is 38.8 Å². The van der Waals surface area contributed by atoms with Gasteiger partial charge in [0.05, 0.1) is 18.7 Å². The number of hydrogen-bond donors (Lipinski definition) is 3. The van der Waals surface area contributed by atoms with E-state index in [1.165, 1.54) is 17.0 Å². The summed E-state index contributed by atoms with van der Waals surface area (Å²) in [5, 5.41) is 28.0. The minimum atomic E-state index is -1.90. The first-order valence-corrected chi connectivity index (χ1v) is 7.41. The number of hydrogen-bond acceptors (Lipinski definition) is 5. The maximum absolute atomic E-state index is 13.9. The number of carbonyl (C=O) groups is 1. The van der Waals surface area contributed by atoms with Gasteiger partial charge in [0.2, 0.25) is 0 Å². The molecule has 1 aliphatic heterocycles. The molecule has 1 saturated heterocycles. The van der Waals surface area contributed by atoms with Gasteiger partial charge in [-0.1, -0.05) is 12.1 Å². The van der Waals surface area contributed by atoms with Crippen LogP contribution in [0.4, 0.5) is 9.18 Å². The fourth-order valence-electron chi connectivity index (χ4n) is 2.61. The molecule has 1 aromatic rings. The number of nitrogens with zero attached hydrogens (tertiary/aromatic N) is 1. The van der Waals surface area contributed by atoms with Gasteiger partial charge in [-0.3, -0.25) is 4.90 Å². The fourth-order valence-corrected chi connectivity index (χ4v) is 2.61.